The Labute approximate surface area is 183 Å². The molecule has 4 rings (SSSR count). The van der Waals surface area contributed by atoms with Gasteiger partial charge in [-0.1, -0.05) is 43.3 Å². The van der Waals surface area contributed by atoms with E-state index in [9.17, 15) is 9.59 Å². The maximum Gasteiger partial charge on any atom is 0.263 e. The van der Waals surface area contributed by atoms with Crippen molar-refractivity contribution in [3.63, 3.8) is 0 Å². The lowest BCUT2D eigenvalue weighted by Gasteiger charge is -2.29. The summed E-state index contributed by atoms with van der Waals surface area (Å²) in [5, 5.41) is 4.55. The third-order valence-corrected chi connectivity index (χ3v) is 7.08. The van der Waals surface area contributed by atoms with Gasteiger partial charge in [0.15, 0.2) is 0 Å². The first-order chi connectivity index (χ1) is 14.6. The molecule has 3 heterocycles. The summed E-state index contributed by atoms with van der Waals surface area (Å²) in [6.45, 7) is 4.61. The Balaban J connectivity index is 1.65. The number of benzene rings is 1. The Hall–Kier alpha value is -2.77. The first kappa shape index (κ1) is 20.5. The van der Waals surface area contributed by atoms with Crippen molar-refractivity contribution in [1.82, 2.24) is 14.5 Å². The summed E-state index contributed by atoms with van der Waals surface area (Å²) in [4.78, 5) is 34.5. The van der Waals surface area contributed by atoms with Crippen LogP contribution in [-0.2, 0) is 17.9 Å². The van der Waals surface area contributed by atoms with E-state index in [2.05, 4.69) is 11.9 Å². The molecular weight excluding hydrogens is 414 g/mol. The highest BCUT2D eigenvalue weighted by molar-refractivity contribution is 7.18. The molecule has 154 valence electrons. The van der Waals surface area contributed by atoms with Crippen molar-refractivity contribution in [2.24, 2.45) is 0 Å². The van der Waals surface area contributed by atoms with E-state index in [0.29, 0.717) is 16.8 Å². The van der Waals surface area contributed by atoms with E-state index in [1.165, 1.54) is 22.2 Å². The average Bonchev–Trinajstić information content (AvgIpc) is 3.44. The van der Waals surface area contributed by atoms with Gasteiger partial charge in [-0.15, -0.1) is 22.7 Å². The highest BCUT2D eigenvalue weighted by Crippen LogP contribution is 2.33. The van der Waals surface area contributed by atoms with Crippen molar-refractivity contribution < 1.29 is 4.79 Å². The van der Waals surface area contributed by atoms with E-state index in [1.807, 2.05) is 65.0 Å². The fraction of sp³-hybridized carbons (Fsp3) is 0.261. The van der Waals surface area contributed by atoms with Gasteiger partial charge in [0.25, 0.3) is 5.56 Å². The van der Waals surface area contributed by atoms with Crippen molar-refractivity contribution in [3.05, 3.63) is 75.5 Å². The van der Waals surface area contributed by atoms with Crippen molar-refractivity contribution in [3.8, 4) is 10.4 Å². The smallest absolute Gasteiger partial charge is 0.263 e. The van der Waals surface area contributed by atoms with E-state index in [1.54, 1.807) is 11.3 Å². The van der Waals surface area contributed by atoms with Gasteiger partial charge in [0.05, 0.1) is 11.7 Å². The monoisotopic (exact) mass is 437 g/mol. The normalized spacial score (nSPS) is 12.2. The molecule has 3 aromatic heterocycles. The van der Waals surface area contributed by atoms with Crippen LogP contribution in [0.4, 0.5) is 0 Å². The van der Waals surface area contributed by atoms with Crippen molar-refractivity contribution in [1.29, 1.82) is 0 Å². The molecule has 1 atom stereocenters. The van der Waals surface area contributed by atoms with E-state index in [-0.39, 0.29) is 24.1 Å². The van der Waals surface area contributed by atoms with E-state index in [4.69, 9.17) is 0 Å². The molecule has 1 unspecified atom stereocenters. The Bertz CT molecular complexity index is 1200. The van der Waals surface area contributed by atoms with Crippen LogP contribution in [-0.4, -0.2) is 26.4 Å². The van der Waals surface area contributed by atoms with E-state index in [0.717, 1.165) is 22.4 Å². The minimum atomic E-state index is -0.165. The number of aromatic nitrogens is 2. The predicted octanol–water partition coefficient (Wildman–Crippen LogP) is 5.01. The average molecular weight is 438 g/mol. The minimum Gasteiger partial charge on any atom is -0.334 e. The Kier molecular flexibility index (Phi) is 6.11. The van der Waals surface area contributed by atoms with Gasteiger partial charge < -0.3 is 4.90 Å². The van der Waals surface area contributed by atoms with E-state index < -0.39 is 0 Å². The van der Waals surface area contributed by atoms with Crippen LogP contribution in [0, 0.1) is 0 Å². The molecule has 0 spiro atoms. The summed E-state index contributed by atoms with van der Waals surface area (Å²) in [6.07, 6.45) is 2.34. The van der Waals surface area contributed by atoms with Crippen molar-refractivity contribution in [2.75, 3.05) is 0 Å². The Morgan fingerprint density at radius 2 is 1.97 bits per heavy atom. The lowest BCUT2D eigenvalue weighted by atomic mass is 10.1. The summed E-state index contributed by atoms with van der Waals surface area (Å²) in [5.74, 6) is -0.0793. The Morgan fingerprint density at radius 3 is 2.67 bits per heavy atom. The zero-order valence-corrected chi connectivity index (χ0v) is 18.6. The third kappa shape index (κ3) is 4.08. The number of rotatable bonds is 7. The van der Waals surface area contributed by atoms with Gasteiger partial charge in [0.1, 0.15) is 11.4 Å². The molecule has 0 aliphatic carbocycles. The van der Waals surface area contributed by atoms with Crippen LogP contribution in [0.5, 0.6) is 0 Å². The lowest BCUT2D eigenvalue weighted by Crippen LogP contribution is -2.41. The van der Waals surface area contributed by atoms with Gasteiger partial charge in [0, 0.05) is 28.4 Å². The predicted molar refractivity (Wildman–Crippen MR) is 124 cm³/mol. The molecule has 0 aliphatic rings. The van der Waals surface area contributed by atoms with Gasteiger partial charge in [-0.2, -0.15) is 0 Å². The SMILES string of the molecule is CCC(C)N(Cc1ccccc1)C(=O)Cn1cnc2scc(-c3cccs3)c2c1=O. The van der Waals surface area contributed by atoms with E-state index >= 15 is 0 Å². The number of nitrogens with zero attached hydrogens (tertiary/aromatic N) is 3. The molecule has 30 heavy (non-hydrogen) atoms. The van der Waals surface area contributed by atoms with Crippen LogP contribution in [0.1, 0.15) is 25.8 Å². The molecular formula is C23H23N3O2S2. The maximum atomic E-state index is 13.2. The summed E-state index contributed by atoms with van der Waals surface area (Å²) in [6, 6.07) is 14.0. The highest BCUT2D eigenvalue weighted by Gasteiger charge is 2.21. The number of hydrogen-bond donors (Lipinski definition) is 0. The number of amides is 1. The van der Waals surface area contributed by atoms with Gasteiger partial charge in [-0.25, -0.2) is 4.98 Å². The van der Waals surface area contributed by atoms with Crippen LogP contribution in [0.3, 0.4) is 0 Å². The number of carbonyl (C=O) groups excluding carboxylic acids is 1. The van der Waals surface area contributed by atoms with Gasteiger partial charge in [0.2, 0.25) is 5.91 Å². The van der Waals surface area contributed by atoms with Crippen LogP contribution in [0.2, 0.25) is 0 Å². The quantitative estimate of drug-likeness (QED) is 0.408. The molecule has 0 fully saturated rings. The van der Waals surface area contributed by atoms with Crippen LogP contribution in [0.15, 0.2) is 64.3 Å². The summed E-state index contributed by atoms with van der Waals surface area (Å²) >= 11 is 3.05. The first-order valence-electron chi connectivity index (χ1n) is 9.92. The van der Waals surface area contributed by atoms with Gasteiger partial charge in [-0.3, -0.25) is 14.2 Å². The first-order valence-corrected chi connectivity index (χ1v) is 11.7. The number of fused-ring (bicyclic) bond motifs is 1. The zero-order chi connectivity index (χ0) is 21.1. The molecule has 0 radical (unpaired) electrons. The molecule has 0 saturated carbocycles. The molecule has 1 amide bonds. The zero-order valence-electron chi connectivity index (χ0n) is 16.9. The molecule has 0 bridgehead atoms. The maximum absolute atomic E-state index is 13.2. The fourth-order valence-electron chi connectivity index (χ4n) is 3.42. The van der Waals surface area contributed by atoms with Crippen LogP contribution in [0.25, 0.3) is 20.7 Å². The second-order valence-electron chi connectivity index (χ2n) is 7.25. The summed E-state index contributed by atoms with van der Waals surface area (Å²) in [7, 11) is 0. The van der Waals surface area contributed by atoms with Crippen LogP contribution >= 0.6 is 22.7 Å². The number of hydrogen-bond acceptors (Lipinski definition) is 5. The number of thiophene rings is 2. The lowest BCUT2D eigenvalue weighted by molar-refractivity contribution is -0.134. The molecule has 5 nitrogen and oxygen atoms in total. The highest BCUT2D eigenvalue weighted by atomic mass is 32.1. The largest absolute Gasteiger partial charge is 0.334 e. The van der Waals surface area contributed by atoms with Crippen molar-refractivity contribution >= 4 is 38.8 Å². The molecule has 0 saturated heterocycles. The molecule has 7 heteroatoms. The molecule has 0 aliphatic heterocycles. The van der Waals surface area contributed by atoms with Crippen LogP contribution < -0.4 is 5.56 Å². The number of carbonyl (C=O) groups is 1. The second-order valence-corrected chi connectivity index (χ2v) is 9.05. The van der Waals surface area contributed by atoms with Crippen molar-refractivity contribution in [2.45, 2.75) is 39.4 Å². The molecule has 1 aromatic carbocycles. The second kappa shape index (κ2) is 8.93. The van der Waals surface area contributed by atoms with Gasteiger partial charge in [-0.05, 0) is 30.4 Å². The minimum absolute atomic E-state index is 0.0152. The standard InChI is InChI=1S/C23H23N3O2S2/c1-3-16(2)26(12-17-8-5-4-6-9-17)20(27)13-25-15-24-22-21(23(25)28)18(14-30-22)19-10-7-11-29-19/h4-11,14-16H,3,12-13H2,1-2H3. The summed E-state index contributed by atoms with van der Waals surface area (Å²) < 4.78 is 1.44. The molecule has 0 N–H and O–H groups in total. The third-order valence-electron chi connectivity index (χ3n) is 5.29. The fourth-order valence-corrected chi connectivity index (χ4v) is 5.14. The Morgan fingerprint density at radius 1 is 1.17 bits per heavy atom. The van der Waals surface area contributed by atoms with Gasteiger partial charge >= 0.3 is 0 Å². The summed E-state index contributed by atoms with van der Waals surface area (Å²) in [5.41, 5.74) is 1.80. The molecule has 4 aromatic rings. The topological polar surface area (TPSA) is 55.2 Å².